The molecule has 0 aliphatic rings. The Bertz CT molecular complexity index is 446. The van der Waals surface area contributed by atoms with Gasteiger partial charge in [0, 0.05) is 6.26 Å². The van der Waals surface area contributed by atoms with Gasteiger partial charge in [0.2, 0.25) is 0 Å². The quantitative estimate of drug-likeness (QED) is 0.643. The highest BCUT2D eigenvalue weighted by molar-refractivity contribution is 7.90. The fourth-order valence-corrected chi connectivity index (χ4v) is 1.90. The molecule has 1 rings (SSSR count). The Kier molecular flexibility index (Phi) is 2.01. The van der Waals surface area contributed by atoms with Crippen LogP contribution in [-0.2, 0) is 9.84 Å². The number of hydrogen-bond acceptors (Lipinski definition) is 4. The van der Waals surface area contributed by atoms with E-state index in [1.165, 1.54) is 13.3 Å². The molecule has 0 aromatic carbocycles. The van der Waals surface area contributed by atoms with Crippen molar-refractivity contribution in [2.75, 3.05) is 6.26 Å². The number of aryl methyl sites for hydroxylation is 1. The second-order valence-electron chi connectivity index (χ2n) is 2.42. The summed E-state index contributed by atoms with van der Waals surface area (Å²) in [6.45, 7) is 1.48. The molecule has 0 atom stereocenters. The van der Waals surface area contributed by atoms with Gasteiger partial charge in [0.15, 0.2) is 14.7 Å². The van der Waals surface area contributed by atoms with Gasteiger partial charge in [-0.05, 0) is 6.92 Å². The van der Waals surface area contributed by atoms with Gasteiger partial charge in [-0.15, -0.1) is 0 Å². The third-order valence-electron chi connectivity index (χ3n) is 1.36. The molecule has 0 bridgehead atoms. The van der Waals surface area contributed by atoms with Gasteiger partial charge in [-0.2, -0.15) is 0 Å². The molecule has 0 amide bonds. The normalized spacial score (nSPS) is 11.5. The van der Waals surface area contributed by atoms with E-state index in [1.807, 2.05) is 0 Å². The zero-order valence-corrected chi connectivity index (χ0v) is 7.47. The van der Waals surface area contributed by atoms with Gasteiger partial charge in [0.1, 0.15) is 0 Å². The lowest BCUT2D eigenvalue weighted by Crippen LogP contribution is -2.18. The molecule has 12 heavy (non-hydrogen) atoms. The van der Waals surface area contributed by atoms with Crippen LogP contribution in [0.15, 0.2) is 16.0 Å². The standard InChI is InChI=1S/C6H8N2O3S/c1-4-5(12(2,10)11)6(9)8-3-7-4/h3H,1-2H3,(H,7,8,9). The maximum Gasteiger partial charge on any atom is 0.269 e. The van der Waals surface area contributed by atoms with Gasteiger partial charge < -0.3 is 4.98 Å². The van der Waals surface area contributed by atoms with E-state index in [9.17, 15) is 13.2 Å². The molecule has 6 heteroatoms. The van der Waals surface area contributed by atoms with Crippen molar-refractivity contribution >= 4 is 9.84 Å². The molecule has 66 valence electrons. The van der Waals surface area contributed by atoms with Crippen LogP contribution in [-0.4, -0.2) is 24.6 Å². The molecule has 0 saturated carbocycles. The number of H-pyrrole nitrogens is 1. The summed E-state index contributed by atoms with van der Waals surface area (Å²) < 4.78 is 22.0. The lowest BCUT2D eigenvalue weighted by molar-refractivity contribution is 0.599. The van der Waals surface area contributed by atoms with Crippen LogP contribution in [0.3, 0.4) is 0 Å². The van der Waals surface area contributed by atoms with Gasteiger partial charge in [-0.25, -0.2) is 13.4 Å². The van der Waals surface area contributed by atoms with Crippen LogP contribution in [0.1, 0.15) is 5.69 Å². The molecule has 0 saturated heterocycles. The van der Waals surface area contributed by atoms with Crippen LogP contribution in [0.4, 0.5) is 0 Å². The predicted octanol–water partition coefficient (Wildman–Crippen LogP) is -0.518. The Morgan fingerprint density at radius 2 is 2.08 bits per heavy atom. The Morgan fingerprint density at radius 3 is 2.42 bits per heavy atom. The van der Waals surface area contributed by atoms with Gasteiger partial charge in [0.25, 0.3) is 5.56 Å². The maximum atomic E-state index is 11.0. The van der Waals surface area contributed by atoms with E-state index in [2.05, 4.69) is 9.97 Å². The minimum absolute atomic E-state index is 0.223. The van der Waals surface area contributed by atoms with E-state index in [1.54, 1.807) is 0 Å². The highest BCUT2D eigenvalue weighted by atomic mass is 32.2. The first-order valence-electron chi connectivity index (χ1n) is 3.17. The summed E-state index contributed by atoms with van der Waals surface area (Å²) in [5.74, 6) is 0. The lowest BCUT2D eigenvalue weighted by atomic mass is 10.4. The molecule has 5 nitrogen and oxygen atoms in total. The van der Waals surface area contributed by atoms with Crippen LogP contribution in [0.5, 0.6) is 0 Å². The van der Waals surface area contributed by atoms with Crippen LogP contribution in [0.25, 0.3) is 0 Å². The topological polar surface area (TPSA) is 79.9 Å². The molecular formula is C6H8N2O3S. The first kappa shape index (κ1) is 8.92. The number of nitrogens with one attached hydrogen (secondary N) is 1. The molecule has 0 aliphatic heterocycles. The van der Waals surface area contributed by atoms with Gasteiger partial charge in [0.05, 0.1) is 12.0 Å². The third-order valence-corrected chi connectivity index (χ3v) is 2.58. The Hall–Kier alpha value is -1.17. The van der Waals surface area contributed by atoms with Gasteiger partial charge in [-0.3, -0.25) is 4.79 Å². The molecule has 0 radical (unpaired) electrons. The molecule has 1 heterocycles. The first-order chi connectivity index (χ1) is 5.43. The van der Waals surface area contributed by atoms with E-state index in [0.717, 1.165) is 6.26 Å². The van der Waals surface area contributed by atoms with E-state index in [0.29, 0.717) is 0 Å². The minimum Gasteiger partial charge on any atom is -0.312 e. The summed E-state index contributed by atoms with van der Waals surface area (Å²) in [6, 6.07) is 0. The Labute approximate surface area is 69.4 Å². The zero-order valence-electron chi connectivity index (χ0n) is 6.66. The van der Waals surface area contributed by atoms with E-state index in [4.69, 9.17) is 0 Å². The molecule has 1 aromatic heterocycles. The molecule has 1 aromatic rings. The van der Waals surface area contributed by atoms with Crippen molar-refractivity contribution in [1.82, 2.24) is 9.97 Å². The van der Waals surface area contributed by atoms with Crippen LogP contribution in [0, 0.1) is 6.92 Å². The SMILES string of the molecule is Cc1nc[nH]c(=O)c1S(C)(=O)=O. The van der Waals surface area contributed by atoms with E-state index >= 15 is 0 Å². The molecule has 0 fully saturated rings. The van der Waals surface area contributed by atoms with Crippen molar-refractivity contribution in [3.63, 3.8) is 0 Å². The van der Waals surface area contributed by atoms with Gasteiger partial charge >= 0.3 is 0 Å². The number of hydrogen-bond donors (Lipinski definition) is 1. The average Bonchev–Trinajstić information content (AvgIpc) is 1.82. The number of aromatic amines is 1. The average molecular weight is 188 g/mol. The number of rotatable bonds is 1. The summed E-state index contributed by atoms with van der Waals surface area (Å²) in [6.07, 6.45) is 2.15. The minimum atomic E-state index is -3.47. The molecular weight excluding hydrogens is 180 g/mol. The fraction of sp³-hybridized carbons (Fsp3) is 0.333. The van der Waals surface area contributed by atoms with Crippen molar-refractivity contribution in [3.05, 3.63) is 22.4 Å². The highest BCUT2D eigenvalue weighted by Crippen LogP contribution is 2.04. The van der Waals surface area contributed by atoms with Crippen molar-refractivity contribution in [2.24, 2.45) is 0 Å². The molecule has 0 unspecified atom stereocenters. The number of aromatic nitrogens is 2. The lowest BCUT2D eigenvalue weighted by Gasteiger charge is -1.98. The smallest absolute Gasteiger partial charge is 0.269 e. The first-order valence-corrected chi connectivity index (χ1v) is 5.06. The zero-order chi connectivity index (χ0) is 9.35. The second kappa shape index (κ2) is 2.71. The molecule has 0 aliphatic carbocycles. The predicted molar refractivity (Wildman–Crippen MR) is 42.7 cm³/mol. The summed E-state index contributed by atoms with van der Waals surface area (Å²) >= 11 is 0. The largest absolute Gasteiger partial charge is 0.312 e. The maximum absolute atomic E-state index is 11.0. The summed E-state index contributed by atoms with van der Waals surface area (Å²) in [5, 5.41) is 0. The van der Waals surface area contributed by atoms with Crippen LogP contribution >= 0.6 is 0 Å². The van der Waals surface area contributed by atoms with Crippen LogP contribution < -0.4 is 5.56 Å². The van der Waals surface area contributed by atoms with E-state index in [-0.39, 0.29) is 10.6 Å². The monoisotopic (exact) mass is 188 g/mol. The van der Waals surface area contributed by atoms with E-state index < -0.39 is 15.4 Å². The van der Waals surface area contributed by atoms with Crippen molar-refractivity contribution in [2.45, 2.75) is 11.8 Å². The van der Waals surface area contributed by atoms with Crippen molar-refractivity contribution < 1.29 is 8.42 Å². The fourth-order valence-electron chi connectivity index (χ4n) is 0.913. The van der Waals surface area contributed by atoms with Crippen molar-refractivity contribution in [3.8, 4) is 0 Å². The van der Waals surface area contributed by atoms with Crippen LogP contribution in [0.2, 0.25) is 0 Å². The van der Waals surface area contributed by atoms with Gasteiger partial charge in [-0.1, -0.05) is 0 Å². The summed E-state index contributed by atoms with van der Waals surface area (Å²) in [5.41, 5.74) is -0.397. The third kappa shape index (κ3) is 1.53. The summed E-state index contributed by atoms with van der Waals surface area (Å²) in [7, 11) is -3.47. The van der Waals surface area contributed by atoms with Crippen molar-refractivity contribution in [1.29, 1.82) is 0 Å². The number of sulfone groups is 1. The molecule has 1 N–H and O–H groups in total. The molecule has 0 spiro atoms. The number of nitrogens with zero attached hydrogens (tertiary/aromatic N) is 1. The second-order valence-corrected chi connectivity index (χ2v) is 4.37. The summed E-state index contributed by atoms with van der Waals surface area (Å²) in [4.78, 5) is 16.6. The highest BCUT2D eigenvalue weighted by Gasteiger charge is 2.15. The Balaban J connectivity index is 3.65. The Morgan fingerprint density at radius 1 is 1.50 bits per heavy atom.